The van der Waals surface area contributed by atoms with Crippen molar-refractivity contribution in [1.82, 2.24) is 9.62 Å². The second-order valence-electron chi connectivity index (χ2n) is 7.85. The number of rotatable bonds is 10. The largest absolute Gasteiger partial charge is 0.480 e. The van der Waals surface area contributed by atoms with Crippen molar-refractivity contribution in [1.29, 1.82) is 0 Å². The Kier molecular flexibility index (Phi) is 7.09. The molecule has 1 atom stereocenters. The van der Waals surface area contributed by atoms with E-state index in [4.69, 9.17) is 0 Å². The highest BCUT2D eigenvalue weighted by molar-refractivity contribution is 7.95. The number of imide groups is 1. The average Bonchev–Trinajstić information content (AvgIpc) is 3.45. The van der Waals surface area contributed by atoms with E-state index >= 15 is 0 Å². The molecule has 13 heteroatoms. The van der Waals surface area contributed by atoms with Crippen molar-refractivity contribution in [3.63, 3.8) is 0 Å². The number of amides is 2. The van der Waals surface area contributed by atoms with Crippen molar-refractivity contribution in [2.75, 3.05) is 6.54 Å². The van der Waals surface area contributed by atoms with Gasteiger partial charge < -0.3 is 5.11 Å². The number of carboxylic acid groups (broad SMARTS) is 1. The van der Waals surface area contributed by atoms with Gasteiger partial charge in [-0.15, -0.1) is 11.3 Å². The third kappa shape index (κ3) is 4.95. The molecule has 0 fully saturated rings. The summed E-state index contributed by atoms with van der Waals surface area (Å²) in [7, 11) is -8.30. The number of carboxylic acids is 1. The summed E-state index contributed by atoms with van der Waals surface area (Å²) >= 11 is 0.504. The fourth-order valence-electron chi connectivity index (χ4n) is 3.68. The Bertz CT molecular complexity index is 1510. The maximum absolute atomic E-state index is 12.8. The summed E-state index contributed by atoms with van der Waals surface area (Å²) in [6, 6.07) is 14.5. The number of carbonyl (C=O) groups is 3. The van der Waals surface area contributed by atoms with Crippen LogP contribution in [0.3, 0.4) is 0 Å². The van der Waals surface area contributed by atoms with Crippen molar-refractivity contribution in [3.8, 4) is 0 Å². The van der Waals surface area contributed by atoms with Crippen LogP contribution in [0.5, 0.6) is 0 Å². The minimum Gasteiger partial charge on any atom is -0.480 e. The average molecular weight is 549 g/mol. The molecule has 0 spiro atoms. The van der Waals surface area contributed by atoms with Crippen LogP contribution in [-0.2, 0) is 24.7 Å². The van der Waals surface area contributed by atoms with Gasteiger partial charge in [0, 0.05) is 6.54 Å². The molecule has 0 radical (unpaired) electrons. The molecule has 2 N–H and O–H groups in total. The van der Waals surface area contributed by atoms with Crippen LogP contribution in [0, 0.1) is 0 Å². The minimum atomic E-state index is -4.37. The molecular weight excluding hydrogens is 528 g/mol. The molecule has 1 aliphatic rings. The van der Waals surface area contributed by atoms with Crippen LogP contribution in [0.2, 0.25) is 0 Å². The first kappa shape index (κ1) is 25.7. The Morgan fingerprint density at radius 3 is 2.00 bits per heavy atom. The normalized spacial score (nSPS) is 14.6. The Morgan fingerprint density at radius 1 is 0.861 bits per heavy atom. The lowest BCUT2D eigenvalue weighted by atomic mass is 10.1. The summed E-state index contributed by atoms with van der Waals surface area (Å²) in [6.07, 6.45) is -0.175. The van der Waals surface area contributed by atoms with Crippen LogP contribution in [0.1, 0.15) is 33.6 Å². The standard InChI is InChI=1S/C23H20N2O8S3/c26-21-16-9-4-5-10-17(16)22(27)25(21)14-6-11-18(23(28)29)24-36(32,33)20-13-12-19(34-20)35(30,31)15-7-2-1-3-8-15/h1-5,7-10,12-13,18,24H,6,11,14H2,(H,28,29). The Labute approximate surface area is 211 Å². The zero-order valence-corrected chi connectivity index (χ0v) is 21.0. The lowest BCUT2D eigenvalue weighted by molar-refractivity contribution is -0.139. The number of hydrogen-bond acceptors (Lipinski definition) is 8. The summed E-state index contributed by atoms with van der Waals surface area (Å²) < 4.78 is 52.7. The molecule has 0 aliphatic carbocycles. The molecule has 2 heterocycles. The molecule has 1 unspecified atom stereocenters. The van der Waals surface area contributed by atoms with Crippen LogP contribution in [0.25, 0.3) is 0 Å². The monoisotopic (exact) mass is 548 g/mol. The van der Waals surface area contributed by atoms with Crippen LogP contribution in [-0.4, -0.2) is 57.2 Å². The number of nitrogens with one attached hydrogen (secondary N) is 1. The molecule has 188 valence electrons. The zero-order valence-electron chi connectivity index (χ0n) is 18.5. The van der Waals surface area contributed by atoms with Gasteiger partial charge in [0.1, 0.15) is 14.5 Å². The van der Waals surface area contributed by atoms with Crippen LogP contribution < -0.4 is 4.72 Å². The van der Waals surface area contributed by atoms with Gasteiger partial charge in [-0.25, -0.2) is 16.8 Å². The number of nitrogens with zero attached hydrogens (tertiary/aromatic N) is 1. The lowest BCUT2D eigenvalue weighted by Crippen LogP contribution is -2.41. The predicted molar refractivity (Wildman–Crippen MR) is 129 cm³/mol. The predicted octanol–water partition coefficient (Wildman–Crippen LogP) is 2.39. The Morgan fingerprint density at radius 2 is 1.42 bits per heavy atom. The lowest BCUT2D eigenvalue weighted by Gasteiger charge is -2.17. The van der Waals surface area contributed by atoms with Crippen molar-refractivity contribution in [2.24, 2.45) is 0 Å². The molecule has 1 aromatic heterocycles. The Balaban J connectivity index is 1.43. The van der Waals surface area contributed by atoms with Crippen LogP contribution in [0.15, 0.2) is 80.0 Å². The summed E-state index contributed by atoms with van der Waals surface area (Å²) in [5, 5.41) is 9.54. The molecule has 36 heavy (non-hydrogen) atoms. The number of hydrogen-bond donors (Lipinski definition) is 2. The smallest absolute Gasteiger partial charge is 0.321 e. The summed E-state index contributed by atoms with van der Waals surface area (Å²) in [5.41, 5.74) is 0.522. The van der Waals surface area contributed by atoms with E-state index in [1.165, 1.54) is 24.3 Å². The molecule has 3 aromatic rings. The van der Waals surface area contributed by atoms with E-state index in [-0.39, 0.29) is 43.8 Å². The first-order valence-corrected chi connectivity index (χ1v) is 14.4. The SMILES string of the molecule is O=C(O)C(CCCN1C(=O)c2ccccc2C1=O)NS(=O)(=O)c1ccc(S(=O)(=O)c2ccccc2)s1. The minimum absolute atomic E-state index is 0.000303. The number of carbonyl (C=O) groups excluding carboxylic acids is 2. The third-order valence-corrected chi connectivity index (χ3v) is 10.8. The van der Waals surface area contributed by atoms with Gasteiger partial charge in [-0.1, -0.05) is 30.3 Å². The fourth-order valence-corrected chi connectivity index (χ4v) is 8.11. The van der Waals surface area contributed by atoms with Crippen molar-refractivity contribution >= 4 is 49.0 Å². The summed E-state index contributed by atoms with van der Waals surface area (Å²) in [4.78, 5) is 37.6. The van der Waals surface area contributed by atoms with Gasteiger partial charge in [-0.2, -0.15) is 4.72 Å². The second kappa shape index (κ2) is 9.93. The van der Waals surface area contributed by atoms with E-state index in [1.54, 1.807) is 30.3 Å². The Hall–Kier alpha value is -3.39. The summed E-state index contributed by atoms with van der Waals surface area (Å²) in [6.45, 7) is -0.0870. The number of sulfone groups is 1. The maximum atomic E-state index is 12.8. The first-order chi connectivity index (χ1) is 17.0. The molecule has 2 amide bonds. The van der Waals surface area contributed by atoms with E-state index in [0.717, 1.165) is 17.0 Å². The maximum Gasteiger partial charge on any atom is 0.321 e. The van der Waals surface area contributed by atoms with Crippen molar-refractivity contribution < 1.29 is 36.3 Å². The van der Waals surface area contributed by atoms with E-state index in [2.05, 4.69) is 4.72 Å². The summed E-state index contributed by atoms with van der Waals surface area (Å²) in [5.74, 6) is -2.43. The number of sulfonamides is 1. The molecule has 1 aliphatic heterocycles. The second-order valence-corrected chi connectivity index (χ2v) is 13.1. The molecule has 0 saturated carbocycles. The van der Waals surface area contributed by atoms with E-state index in [0.29, 0.717) is 11.3 Å². The molecular formula is C23H20N2O8S3. The molecule has 0 bridgehead atoms. The molecule has 2 aromatic carbocycles. The van der Waals surface area contributed by atoms with Crippen LogP contribution >= 0.6 is 11.3 Å². The van der Waals surface area contributed by atoms with Gasteiger partial charge in [-0.05, 0) is 49.2 Å². The van der Waals surface area contributed by atoms with Gasteiger partial charge in [0.15, 0.2) is 0 Å². The van der Waals surface area contributed by atoms with Gasteiger partial charge in [0.25, 0.3) is 21.8 Å². The highest BCUT2D eigenvalue weighted by atomic mass is 32.3. The van der Waals surface area contributed by atoms with Gasteiger partial charge in [0.05, 0.1) is 16.0 Å². The number of thiophene rings is 1. The first-order valence-electron chi connectivity index (χ1n) is 10.6. The fraction of sp³-hybridized carbons (Fsp3) is 0.174. The van der Waals surface area contributed by atoms with Gasteiger partial charge in [-0.3, -0.25) is 19.3 Å². The quantitative estimate of drug-likeness (QED) is 0.366. The number of benzene rings is 2. The van der Waals surface area contributed by atoms with E-state index in [1.807, 2.05) is 0 Å². The van der Waals surface area contributed by atoms with E-state index < -0.39 is 43.7 Å². The highest BCUT2D eigenvalue weighted by Crippen LogP contribution is 2.30. The topological polar surface area (TPSA) is 155 Å². The van der Waals surface area contributed by atoms with Crippen molar-refractivity contribution in [3.05, 3.63) is 77.9 Å². The zero-order chi connectivity index (χ0) is 26.1. The van der Waals surface area contributed by atoms with Gasteiger partial charge >= 0.3 is 5.97 Å². The number of fused-ring (bicyclic) bond motifs is 1. The van der Waals surface area contributed by atoms with Gasteiger partial charge in [0.2, 0.25) is 9.84 Å². The molecule has 4 rings (SSSR count). The number of aliphatic carboxylic acids is 1. The van der Waals surface area contributed by atoms with Crippen molar-refractivity contribution in [2.45, 2.75) is 32.2 Å². The highest BCUT2D eigenvalue weighted by Gasteiger charge is 2.35. The molecule has 10 nitrogen and oxygen atoms in total. The third-order valence-electron chi connectivity index (χ3n) is 5.49. The van der Waals surface area contributed by atoms with E-state index in [9.17, 15) is 36.3 Å². The molecule has 0 saturated heterocycles. The van der Waals surface area contributed by atoms with Crippen LogP contribution in [0.4, 0.5) is 0 Å².